The fourth-order valence-electron chi connectivity index (χ4n) is 2.42. The number of carbonyl (C=O) groups excluding carboxylic acids is 1. The monoisotopic (exact) mass is 395 g/mol. The highest BCUT2D eigenvalue weighted by molar-refractivity contribution is 5.86. The summed E-state index contributed by atoms with van der Waals surface area (Å²) in [4.78, 5) is 26.9. The number of carbonyl (C=O) groups is 2. The molecule has 0 aliphatic heterocycles. The summed E-state index contributed by atoms with van der Waals surface area (Å²) in [6.07, 6.45) is 0. The minimum atomic E-state index is -1.47. The van der Waals surface area contributed by atoms with E-state index in [1.165, 1.54) is 13.8 Å². The van der Waals surface area contributed by atoms with Crippen LogP contribution in [0.2, 0.25) is 0 Å². The van der Waals surface area contributed by atoms with Gasteiger partial charge in [0.2, 0.25) is 0 Å². The maximum absolute atomic E-state index is 14.7. The smallest absolute Gasteiger partial charge is 0.354 e. The van der Waals surface area contributed by atoms with Gasteiger partial charge in [-0.25, -0.2) is 22.9 Å². The zero-order chi connectivity index (χ0) is 21.4. The van der Waals surface area contributed by atoms with E-state index >= 15 is 0 Å². The molecule has 1 heterocycles. The van der Waals surface area contributed by atoms with Gasteiger partial charge in [0.15, 0.2) is 0 Å². The Hall–Kier alpha value is -2.90. The molecule has 28 heavy (non-hydrogen) atoms. The Morgan fingerprint density at radius 2 is 1.50 bits per heavy atom. The Labute approximate surface area is 160 Å². The summed E-state index contributed by atoms with van der Waals surface area (Å²) in [5, 5.41) is 8.97. The average Bonchev–Trinajstić information content (AvgIpc) is 2.53. The third-order valence-corrected chi connectivity index (χ3v) is 3.97. The molecule has 150 valence electrons. The Kier molecular flexibility index (Phi) is 5.55. The van der Waals surface area contributed by atoms with E-state index in [2.05, 4.69) is 4.98 Å². The van der Waals surface area contributed by atoms with Crippen molar-refractivity contribution in [3.8, 4) is 11.3 Å². The molecule has 0 amide bonds. The molecular formula is C20H20F3NO4. The SMILES string of the molecule is CC(C)(C)OC(=O)C(C)(C)c1cc(F)c(-c2nc(C(=O)O)ccc2F)c(F)c1. The van der Waals surface area contributed by atoms with Crippen LogP contribution in [-0.2, 0) is 14.9 Å². The summed E-state index contributed by atoms with van der Waals surface area (Å²) in [5.41, 5.74) is -4.34. The zero-order valence-corrected chi connectivity index (χ0v) is 16.1. The number of hydrogen-bond donors (Lipinski definition) is 1. The highest BCUT2D eigenvalue weighted by Gasteiger charge is 2.36. The van der Waals surface area contributed by atoms with Gasteiger partial charge in [0.25, 0.3) is 0 Å². The molecule has 5 nitrogen and oxygen atoms in total. The van der Waals surface area contributed by atoms with Gasteiger partial charge >= 0.3 is 11.9 Å². The van der Waals surface area contributed by atoms with E-state index in [1.807, 2.05) is 0 Å². The number of esters is 1. The molecule has 0 radical (unpaired) electrons. The molecule has 0 saturated carbocycles. The van der Waals surface area contributed by atoms with E-state index in [0.717, 1.165) is 24.3 Å². The van der Waals surface area contributed by atoms with Crippen LogP contribution in [0.15, 0.2) is 24.3 Å². The van der Waals surface area contributed by atoms with Crippen molar-refractivity contribution in [3.63, 3.8) is 0 Å². The lowest BCUT2D eigenvalue weighted by Crippen LogP contribution is -2.37. The van der Waals surface area contributed by atoms with Crippen molar-refractivity contribution in [2.75, 3.05) is 0 Å². The van der Waals surface area contributed by atoms with Gasteiger partial charge in [0, 0.05) is 0 Å². The van der Waals surface area contributed by atoms with Crippen molar-refractivity contribution in [2.24, 2.45) is 0 Å². The standard InChI is InChI=1S/C20H20F3NO4/c1-19(2,3)28-18(27)20(4,5)10-8-12(22)15(13(23)9-10)16-11(21)6-7-14(24-16)17(25)26/h6-9H,1-5H3,(H,25,26). The normalized spacial score (nSPS) is 12.0. The van der Waals surface area contributed by atoms with E-state index < -0.39 is 57.4 Å². The molecular weight excluding hydrogens is 375 g/mol. The Balaban J connectivity index is 2.56. The lowest BCUT2D eigenvalue weighted by Gasteiger charge is -2.29. The topological polar surface area (TPSA) is 76.5 Å². The lowest BCUT2D eigenvalue weighted by atomic mass is 9.83. The number of nitrogens with zero attached hydrogens (tertiary/aromatic N) is 1. The minimum absolute atomic E-state index is 0.0182. The molecule has 8 heteroatoms. The minimum Gasteiger partial charge on any atom is -0.477 e. The largest absolute Gasteiger partial charge is 0.477 e. The van der Waals surface area contributed by atoms with Crippen LogP contribution in [-0.4, -0.2) is 27.6 Å². The Morgan fingerprint density at radius 3 is 1.96 bits per heavy atom. The predicted molar refractivity (Wildman–Crippen MR) is 95.4 cm³/mol. The van der Waals surface area contributed by atoms with E-state index in [4.69, 9.17) is 9.84 Å². The number of carboxylic acid groups (broad SMARTS) is 1. The van der Waals surface area contributed by atoms with Gasteiger partial charge in [-0.05, 0) is 64.4 Å². The molecule has 1 aromatic heterocycles. The quantitative estimate of drug-likeness (QED) is 0.773. The van der Waals surface area contributed by atoms with Crippen LogP contribution in [0.3, 0.4) is 0 Å². The molecule has 0 bridgehead atoms. The summed E-state index contributed by atoms with van der Waals surface area (Å²) in [5.74, 6) is -5.60. The number of aromatic carboxylic acids is 1. The summed E-state index contributed by atoms with van der Waals surface area (Å²) in [6, 6.07) is 3.42. The van der Waals surface area contributed by atoms with Crippen molar-refractivity contribution >= 4 is 11.9 Å². The summed E-state index contributed by atoms with van der Waals surface area (Å²) < 4.78 is 48.7. The summed E-state index contributed by atoms with van der Waals surface area (Å²) >= 11 is 0. The fourth-order valence-corrected chi connectivity index (χ4v) is 2.42. The van der Waals surface area contributed by atoms with Crippen LogP contribution in [0, 0.1) is 17.5 Å². The fraction of sp³-hybridized carbons (Fsp3) is 0.350. The third-order valence-electron chi connectivity index (χ3n) is 3.97. The number of ether oxygens (including phenoxy) is 1. The molecule has 0 spiro atoms. The van der Waals surface area contributed by atoms with E-state index in [-0.39, 0.29) is 5.56 Å². The van der Waals surface area contributed by atoms with Crippen molar-refractivity contribution in [3.05, 3.63) is 53.0 Å². The van der Waals surface area contributed by atoms with Crippen LogP contribution in [0.4, 0.5) is 13.2 Å². The highest BCUT2D eigenvalue weighted by atomic mass is 19.1. The van der Waals surface area contributed by atoms with E-state index in [9.17, 15) is 22.8 Å². The van der Waals surface area contributed by atoms with Crippen LogP contribution < -0.4 is 0 Å². The number of rotatable bonds is 4. The molecule has 0 atom stereocenters. The van der Waals surface area contributed by atoms with Gasteiger partial charge in [-0.3, -0.25) is 4.79 Å². The summed E-state index contributed by atoms with van der Waals surface area (Å²) in [6.45, 7) is 7.87. The number of benzene rings is 1. The number of hydrogen-bond acceptors (Lipinski definition) is 4. The molecule has 0 aliphatic carbocycles. The number of halogens is 3. The third kappa shape index (κ3) is 4.32. The van der Waals surface area contributed by atoms with E-state index in [1.54, 1.807) is 20.8 Å². The molecule has 1 aromatic carbocycles. The van der Waals surface area contributed by atoms with Gasteiger partial charge in [0.05, 0.1) is 11.0 Å². The van der Waals surface area contributed by atoms with E-state index in [0.29, 0.717) is 0 Å². The van der Waals surface area contributed by atoms with Crippen LogP contribution >= 0.6 is 0 Å². The predicted octanol–water partition coefficient (Wildman–Crippen LogP) is 4.48. The van der Waals surface area contributed by atoms with Gasteiger partial charge in [-0.2, -0.15) is 0 Å². The first-order valence-electron chi connectivity index (χ1n) is 8.37. The molecule has 1 N–H and O–H groups in total. The summed E-state index contributed by atoms with van der Waals surface area (Å²) in [7, 11) is 0. The average molecular weight is 395 g/mol. The second-order valence-electron chi connectivity index (χ2n) is 7.77. The first kappa shape index (κ1) is 21.4. The lowest BCUT2D eigenvalue weighted by molar-refractivity contribution is -0.160. The van der Waals surface area contributed by atoms with Crippen molar-refractivity contribution < 1.29 is 32.6 Å². The van der Waals surface area contributed by atoms with Gasteiger partial charge in [0.1, 0.15) is 34.4 Å². The van der Waals surface area contributed by atoms with Crippen LogP contribution in [0.1, 0.15) is 50.7 Å². The molecule has 2 aromatic rings. The molecule has 0 aliphatic rings. The van der Waals surface area contributed by atoms with Gasteiger partial charge < -0.3 is 9.84 Å². The van der Waals surface area contributed by atoms with Crippen molar-refractivity contribution in [1.82, 2.24) is 4.98 Å². The molecule has 0 fully saturated rings. The van der Waals surface area contributed by atoms with Crippen LogP contribution in [0.25, 0.3) is 11.3 Å². The maximum Gasteiger partial charge on any atom is 0.354 e. The number of pyridine rings is 1. The van der Waals surface area contributed by atoms with Gasteiger partial charge in [-0.15, -0.1) is 0 Å². The van der Waals surface area contributed by atoms with Crippen molar-refractivity contribution in [2.45, 2.75) is 45.6 Å². The second kappa shape index (κ2) is 7.26. The zero-order valence-electron chi connectivity index (χ0n) is 16.1. The first-order chi connectivity index (χ1) is 12.7. The molecule has 0 saturated heterocycles. The number of aromatic nitrogens is 1. The Bertz CT molecular complexity index is 926. The molecule has 2 rings (SSSR count). The Morgan fingerprint density at radius 1 is 0.964 bits per heavy atom. The maximum atomic E-state index is 14.7. The second-order valence-corrected chi connectivity index (χ2v) is 7.77. The number of carboxylic acids is 1. The van der Waals surface area contributed by atoms with Crippen molar-refractivity contribution in [1.29, 1.82) is 0 Å². The van der Waals surface area contributed by atoms with Gasteiger partial charge in [-0.1, -0.05) is 0 Å². The molecule has 0 unspecified atom stereocenters. The highest BCUT2D eigenvalue weighted by Crippen LogP contribution is 2.33. The van der Waals surface area contributed by atoms with Crippen LogP contribution in [0.5, 0.6) is 0 Å². The first-order valence-corrected chi connectivity index (χ1v) is 8.37.